The number of nitrogens with one attached hydrogen (secondary N) is 1. The molecular formula is C18H24N2O6S. The lowest BCUT2D eigenvalue weighted by atomic mass is 10.0. The van der Waals surface area contributed by atoms with Gasteiger partial charge in [0.1, 0.15) is 24.4 Å². The lowest BCUT2D eigenvalue weighted by molar-refractivity contribution is -0.148. The van der Waals surface area contributed by atoms with Crippen molar-refractivity contribution in [2.75, 3.05) is 18.7 Å². The number of carbonyl (C=O) groups is 3. The molecular weight excluding hydrogens is 372 g/mol. The van der Waals surface area contributed by atoms with Gasteiger partial charge in [-0.05, 0) is 23.6 Å². The Morgan fingerprint density at radius 2 is 1.96 bits per heavy atom. The summed E-state index contributed by atoms with van der Waals surface area (Å²) in [7, 11) is 1.57. The monoisotopic (exact) mass is 396 g/mol. The van der Waals surface area contributed by atoms with E-state index in [0.29, 0.717) is 17.4 Å². The standard InChI is InChI=1S/C18H24N2O6S/c1-11(2)15(16(21)20-10-27-9-14(20)17(22)23)19-18(24)26-8-12-4-6-13(25-3)7-5-12/h4-7,11,14-15H,8-10H2,1-3H3,(H,19,24)(H,22,23)/t14-,15-/m0/s1. The van der Waals surface area contributed by atoms with Gasteiger partial charge in [0.25, 0.3) is 0 Å². The smallest absolute Gasteiger partial charge is 0.408 e. The van der Waals surface area contributed by atoms with Gasteiger partial charge >= 0.3 is 12.1 Å². The van der Waals surface area contributed by atoms with E-state index in [1.54, 1.807) is 45.2 Å². The Morgan fingerprint density at radius 3 is 2.52 bits per heavy atom. The fourth-order valence-corrected chi connectivity index (χ4v) is 3.75. The van der Waals surface area contributed by atoms with E-state index in [1.807, 2.05) is 0 Å². The van der Waals surface area contributed by atoms with Gasteiger partial charge in [-0.2, -0.15) is 0 Å². The number of carbonyl (C=O) groups excluding carboxylic acids is 2. The third-order valence-electron chi connectivity index (χ3n) is 4.19. The molecule has 27 heavy (non-hydrogen) atoms. The van der Waals surface area contributed by atoms with Crippen molar-refractivity contribution >= 4 is 29.7 Å². The van der Waals surface area contributed by atoms with Crippen LogP contribution >= 0.6 is 11.8 Å². The van der Waals surface area contributed by atoms with Crippen molar-refractivity contribution in [3.8, 4) is 5.75 Å². The van der Waals surface area contributed by atoms with Gasteiger partial charge < -0.3 is 24.8 Å². The maximum absolute atomic E-state index is 12.7. The summed E-state index contributed by atoms with van der Waals surface area (Å²) in [5.41, 5.74) is 0.778. The minimum atomic E-state index is -1.04. The Morgan fingerprint density at radius 1 is 1.30 bits per heavy atom. The van der Waals surface area contributed by atoms with Gasteiger partial charge in [0.05, 0.1) is 13.0 Å². The third kappa shape index (κ3) is 5.53. The highest BCUT2D eigenvalue weighted by Crippen LogP contribution is 2.23. The maximum atomic E-state index is 12.7. The average molecular weight is 396 g/mol. The second-order valence-electron chi connectivity index (χ2n) is 6.45. The van der Waals surface area contributed by atoms with Crippen molar-refractivity contribution in [2.24, 2.45) is 5.92 Å². The quantitative estimate of drug-likeness (QED) is 0.725. The van der Waals surface area contributed by atoms with E-state index >= 15 is 0 Å². The van der Waals surface area contributed by atoms with Crippen LogP contribution in [0.5, 0.6) is 5.75 Å². The van der Waals surface area contributed by atoms with Crippen molar-refractivity contribution in [2.45, 2.75) is 32.5 Å². The molecule has 9 heteroatoms. The van der Waals surface area contributed by atoms with Crippen molar-refractivity contribution in [3.05, 3.63) is 29.8 Å². The largest absolute Gasteiger partial charge is 0.497 e. The van der Waals surface area contributed by atoms with Crippen LogP contribution < -0.4 is 10.1 Å². The van der Waals surface area contributed by atoms with Crippen LogP contribution in [0.15, 0.2) is 24.3 Å². The summed E-state index contributed by atoms with van der Waals surface area (Å²) in [5, 5.41) is 11.8. The molecule has 0 saturated carbocycles. The third-order valence-corrected chi connectivity index (χ3v) is 5.20. The van der Waals surface area contributed by atoms with Crippen LogP contribution in [0.25, 0.3) is 0 Å². The zero-order chi connectivity index (χ0) is 20.0. The molecule has 8 nitrogen and oxygen atoms in total. The Kier molecular flexibility index (Phi) is 7.35. The molecule has 0 radical (unpaired) electrons. The summed E-state index contributed by atoms with van der Waals surface area (Å²) in [6.07, 6.45) is -0.725. The molecule has 1 heterocycles. The van der Waals surface area contributed by atoms with Crippen molar-refractivity contribution in [1.29, 1.82) is 0 Å². The zero-order valence-electron chi connectivity index (χ0n) is 15.5. The molecule has 1 aromatic carbocycles. The van der Waals surface area contributed by atoms with Crippen LogP contribution in [0.3, 0.4) is 0 Å². The summed E-state index contributed by atoms with van der Waals surface area (Å²) < 4.78 is 10.3. The lowest BCUT2D eigenvalue weighted by Gasteiger charge is -2.28. The predicted molar refractivity (Wildman–Crippen MR) is 101 cm³/mol. The van der Waals surface area contributed by atoms with Crippen LogP contribution in [-0.2, 0) is 20.9 Å². The van der Waals surface area contributed by atoms with Crippen molar-refractivity contribution < 1.29 is 29.0 Å². The molecule has 1 saturated heterocycles. The van der Waals surface area contributed by atoms with E-state index < -0.39 is 30.1 Å². The molecule has 0 aliphatic carbocycles. The topological polar surface area (TPSA) is 105 Å². The molecule has 1 aliphatic heterocycles. The molecule has 0 spiro atoms. The Bertz CT molecular complexity index is 679. The summed E-state index contributed by atoms with van der Waals surface area (Å²) in [5.74, 6) is -0.340. The van der Waals surface area contributed by atoms with Crippen molar-refractivity contribution in [1.82, 2.24) is 10.2 Å². The van der Waals surface area contributed by atoms with Gasteiger partial charge in [-0.15, -0.1) is 11.8 Å². The predicted octanol–water partition coefficient (Wildman–Crippen LogP) is 1.93. The molecule has 2 rings (SSSR count). The summed E-state index contributed by atoms with van der Waals surface area (Å²) in [6.45, 7) is 3.61. The van der Waals surface area contributed by atoms with E-state index in [1.165, 1.54) is 16.7 Å². The number of thioether (sulfide) groups is 1. The first-order valence-electron chi connectivity index (χ1n) is 8.50. The number of alkyl carbamates (subject to hydrolysis) is 1. The molecule has 0 unspecified atom stereocenters. The number of amides is 2. The zero-order valence-corrected chi connectivity index (χ0v) is 16.3. The number of ether oxygens (including phenoxy) is 2. The number of hydrogen-bond donors (Lipinski definition) is 2. The van der Waals surface area contributed by atoms with Gasteiger partial charge in [-0.25, -0.2) is 9.59 Å². The molecule has 2 atom stereocenters. The Labute approximate surface area is 162 Å². The fourth-order valence-electron chi connectivity index (χ4n) is 2.60. The first kappa shape index (κ1) is 20.9. The highest BCUT2D eigenvalue weighted by atomic mass is 32.2. The number of methoxy groups -OCH3 is 1. The van der Waals surface area contributed by atoms with Gasteiger partial charge in [0, 0.05) is 5.75 Å². The van der Waals surface area contributed by atoms with Crippen molar-refractivity contribution in [3.63, 3.8) is 0 Å². The number of nitrogens with zero attached hydrogens (tertiary/aromatic N) is 1. The SMILES string of the molecule is COc1ccc(COC(=O)N[C@H](C(=O)N2CSC[C@H]2C(=O)O)C(C)C)cc1. The van der Waals surface area contributed by atoms with Crippen LogP contribution in [-0.4, -0.2) is 58.8 Å². The molecule has 1 aliphatic rings. The number of hydrogen-bond acceptors (Lipinski definition) is 6. The molecule has 148 valence electrons. The van der Waals surface area contributed by atoms with E-state index in [4.69, 9.17) is 9.47 Å². The average Bonchev–Trinajstić information content (AvgIpc) is 3.14. The summed E-state index contributed by atoms with van der Waals surface area (Å²) in [6, 6.07) is 5.34. The Balaban J connectivity index is 1.95. The molecule has 1 fully saturated rings. The second-order valence-corrected chi connectivity index (χ2v) is 7.45. The number of rotatable bonds is 7. The minimum Gasteiger partial charge on any atom is -0.497 e. The summed E-state index contributed by atoms with van der Waals surface area (Å²) in [4.78, 5) is 37.5. The maximum Gasteiger partial charge on any atom is 0.408 e. The van der Waals surface area contributed by atoms with Gasteiger partial charge in [-0.3, -0.25) is 4.79 Å². The number of aliphatic carboxylic acids is 1. The van der Waals surface area contributed by atoms with E-state index in [-0.39, 0.29) is 12.5 Å². The van der Waals surface area contributed by atoms with Crippen LogP contribution in [0.1, 0.15) is 19.4 Å². The Hall–Kier alpha value is -2.42. The molecule has 2 N–H and O–H groups in total. The minimum absolute atomic E-state index is 0.0478. The highest BCUT2D eigenvalue weighted by molar-refractivity contribution is 7.99. The molecule has 0 aromatic heterocycles. The lowest BCUT2D eigenvalue weighted by Crippen LogP contribution is -2.54. The number of benzene rings is 1. The van der Waals surface area contributed by atoms with Crippen LogP contribution in [0.2, 0.25) is 0 Å². The molecule has 1 aromatic rings. The van der Waals surface area contributed by atoms with Gasteiger partial charge in [-0.1, -0.05) is 26.0 Å². The van der Waals surface area contributed by atoms with Gasteiger partial charge in [0.15, 0.2) is 0 Å². The first-order chi connectivity index (χ1) is 12.8. The van der Waals surface area contributed by atoms with E-state index in [9.17, 15) is 19.5 Å². The van der Waals surface area contributed by atoms with Gasteiger partial charge in [0.2, 0.25) is 5.91 Å². The van der Waals surface area contributed by atoms with E-state index in [2.05, 4.69) is 5.32 Å². The normalized spacial score (nSPS) is 17.5. The molecule has 0 bridgehead atoms. The highest BCUT2D eigenvalue weighted by Gasteiger charge is 2.39. The summed E-state index contributed by atoms with van der Waals surface area (Å²) >= 11 is 1.38. The molecule has 2 amide bonds. The first-order valence-corrected chi connectivity index (χ1v) is 9.66. The van der Waals surface area contributed by atoms with E-state index in [0.717, 1.165) is 5.56 Å². The second kappa shape index (κ2) is 9.50. The van der Waals surface area contributed by atoms with Crippen LogP contribution in [0, 0.1) is 5.92 Å². The van der Waals surface area contributed by atoms with Crippen LogP contribution in [0.4, 0.5) is 4.79 Å². The number of carboxylic acids is 1. The fraction of sp³-hybridized carbons (Fsp3) is 0.500. The number of carboxylic acid groups (broad SMARTS) is 1.